The number of benzene rings is 1. The van der Waals surface area contributed by atoms with Gasteiger partial charge in [0.25, 0.3) is 0 Å². The zero-order valence-corrected chi connectivity index (χ0v) is 10.0. The molecule has 1 aromatic carbocycles. The quantitative estimate of drug-likeness (QED) is 0.593. The summed E-state index contributed by atoms with van der Waals surface area (Å²) in [4.78, 5) is 3.85. The maximum Gasteiger partial charge on any atom is 0.167 e. The fourth-order valence-corrected chi connectivity index (χ4v) is 1.66. The van der Waals surface area contributed by atoms with E-state index in [0.29, 0.717) is 12.3 Å². The Morgan fingerprint density at radius 1 is 1.41 bits per heavy atom. The highest BCUT2D eigenvalue weighted by Crippen LogP contribution is 2.04. The number of rotatable bonds is 5. The van der Waals surface area contributed by atoms with Crippen molar-refractivity contribution in [3.63, 3.8) is 0 Å². The van der Waals surface area contributed by atoms with Crippen LogP contribution in [-0.2, 0) is 24.0 Å². The summed E-state index contributed by atoms with van der Waals surface area (Å²) < 4.78 is 14.7. The van der Waals surface area contributed by atoms with E-state index >= 15 is 0 Å². The van der Waals surface area contributed by atoms with Crippen LogP contribution in [0.1, 0.15) is 12.6 Å². The lowest BCUT2D eigenvalue weighted by Crippen LogP contribution is -2.22. The van der Waals surface area contributed by atoms with Gasteiger partial charge in [-0.15, -0.1) is 11.6 Å². The summed E-state index contributed by atoms with van der Waals surface area (Å²) in [6.45, 7) is 0.724. The van der Waals surface area contributed by atoms with E-state index < -0.39 is 0 Å². The van der Waals surface area contributed by atoms with Crippen LogP contribution in [0.2, 0.25) is 0 Å². The third-order valence-electron chi connectivity index (χ3n) is 2.36. The molecule has 5 heteroatoms. The second kappa shape index (κ2) is 5.89. The van der Waals surface area contributed by atoms with Gasteiger partial charge in [0.2, 0.25) is 0 Å². The molecule has 1 heterocycles. The van der Waals surface area contributed by atoms with Gasteiger partial charge in [-0.3, -0.25) is 4.98 Å². The zero-order chi connectivity index (χ0) is 13.0. The molecule has 0 atom stereocenters. The van der Waals surface area contributed by atoms with Gasteiger partial charge in [-0.2, -0.15) is 0 Å². The molecule has 0 N–H and O–H groups in total. The molecule has 0 saturated carbocycles. The molecule has 0 fully saturated rings. The van der Waals surface area contributed by atoms with Gasteiger partial charge in [-0.25, -0.2) is 0 Å². The second-order valence-electron chi connectivity index (χ2n) is 3.55. The van der Waals surface area contributed by atoms with E-state index in [9.17, 15) is 0 Å². The summed E-state index contributed by atoms with van der Waals surface area (Å²) in [5, 5.41) is 0. The van der Waals surface area contributed by atoms with E-state index in [1.807, 2.05) is 30.3 Å². The van der Waals surface area contributed by atoms with E-state index in [1.54, 1.807) is 4.57 Å². The lowest BCUT2D eigenvalue weighted by molar-refractivity contribution is 0.0646. The summed E-state index contributed by atoms with van der Waals surface area (Å²) in [5.41, 5.74) is 1.90. The van der Waals surface area contributed by atoms with Gasteiger partial charge in [-0.05, 0) is 5.56 Å². The standard InChI is InChI=1S/C12H12BClN2O/c13-12-15-7-11(6-14)16(12)9-17-8-10-4-2-1-3-5-10/h1-5,7H,6,8-9H2/i7D. The molecule has 0 spiro atoms. The monoisotopic (exact) mass is 247 g/mol. The molecule has 2 aromatic rings. The van der Waals surface area contributed by atoms with Gasteiger partial charge in [0.15, 0.2) is 7.85 Å². The predicted molar refractivity (Wildman–Crippen MR) is 68.4 cm³/mol. The van der Waals surface area contributed by atoms with Crippen LogP contribution >= 0.6 is 11.6 Å². The van der Waals surface area contributed by atoms with E-state index in [4.69, 9.17) is 25.6 Å². The van der Waals surface area contributed by atoms with Crippen molar-refractivity contribution in [2.75, 3.05) is 0 Å². The molecule has 86 valence electrons. The number of nitrogens with zero attached hydrogens (tertiary/aromatic N) is 2. The van der Waals surface area contributed by atoms with E-state index in [2.05, 4.69) is 4.98 Å². The molecule has 0 bridgehead atoms. The fourth-order valence-electron chi connectivity index (χ4n) is 1.46. The summed E-state index contributed by atoms with van der Waals surface area (Å²) in [6.07, 6.45) is 0.103. The number of aromatic nitrogens is 2. The smallest absolute Gasteiger partial charge is 0.167 e. The Hall–Kier alpha value is -1.26. The largest absolute Gasteiger partial charge is 0.356 e. The molecule has 3 nitrogen and oxygen atoms in total. The zero-order valence-electron chi connectivity index (χ0n) is 10.3. The minimum atomic E-state index is 0.103. The normalized spacial score (nSPS) is 11.5. The highest BCUT2D eigenvalue weighted by Gasteiger charge is 2.04. The van der Waals surface area contributed by atoms with Crippen molar-refractivity contribution < 1.29 is 6.11 Å². The van der Waals surface area contributed by atoms with Crippen LogP contribution in [-0.4, -0.2) is 17.4 Å². The lowest BCUT2D eigenvalue weighted by atomic mass is 10.1. The minimum Gasteiger partial charge on any atom is -0.356 e. The number of halogens is 1. The summed E-state index contributed by atoms with van der Waals surface area (Å²) in [6, 6.07) is 9.83. The molecule has 0 amide bonds. The Labute approximate surface area is 108 Å². The first-order valence-corrected chi connectivity index (χ1v) is 5.75. The van der Waals surface area contributed by atoms with Crippen molar-refractivity contribution in [3.05, 3.63) is 47.8 Å². The maximum absolute atomic E-state index is 7.58. The van der Waals surface area contributed by atoms with E-state index in [-0.39, 0.29) is 24.5 Å². The van der Waals surface area contributed by atoms with Crippen LogP contribution in [0.5, 0.6) is 0 Å². The van der Waals surface area contributed by atoms with E-state index in [1.165, 1.54) is 0 Å². The highest BCUT2D eigenvalue weighted by molar-refractivity contribution is 6.29. The Morgan fingerprint density at radius 2 is 2.18 bits per heavy atom. The number of alkyl halides is 1. The van der Waals surface area contributed by atoms with Crippen LogP contribution in [0.25, 0.3) is 0 Å². The molecular formula is C12H12BClN2O. The summed E-state index contributed by atoms with van der Waals surface area (Å²) >= 11 is 5.75. The van der Waals surface area contributed by atoms with Gasteiger partial charge < -0.3 is 9.30 Å². The first-order valence-electron chi connectivity index (χ1n) is 5.71. The van der Waals surface area contributed by atoms with Crippen molar-refractivity contribution in [1.82, 2.24) is 9.55 Å². The number of ether oxygens (including phenoxy) is 1. The Morgan fingerprint density at radius 3 is 2.88 bits per heavy atom. The number of hydrogen-bond donors (Lipinski definition) is 0. The van der Waals surface area contributed by atoms with Crippen molar-refractivity contribution in [1.29, 1.82) is 0 Å². The first kappa shape index (κ1) is 10.9. The molecule has 0 aliphatic rings. The molecule has 0 aliphatic heterocycles. The SMILES string of the molecule is [2H]c1nc([B])n(COCc2ccccc2)c1CCl. The molecule has 0 unspecified atom stereocenters. The van der Waals surface area contributed by atoms with Crippen molar-refractivity contribution in [3.8, 4) is 0 Å². The lowest BCUT2D eigenvalue weighted by Gasteiger charge is -2.10. The Bertz CT molecular complexity index is 518. The van der Waals surface area contributed by atoms with Gasteiger partial charge in [0.05, 0.1) is 25.3 Å². The fraction of sp³-hybridized carbons (Fsp3) is 0.250. The van der Waals surface area contributed by atoms with Gasteiger partial charge in [0.1, 0.15) is 6.73 Å². The van der Waals surface area contributed by atoms with Gasteiger partial charge in [0, 0.05) is 6.17 Å². The first-order chi connectivity index (χ1) is 8.72. The molecule has 0 saturated heterocycles. The topological polar surface area (TPSA) is 27.1 Å². The number of hydrogen-bond acceptors (Lipinski definition) is 2. The van der Waals surface area contributed by atoms with Crippen LogP contribution in [0.3, 0.4) is 0 Å². The van der Waals surface area contributed by atoms with Crippen LogP contribution < -0.4 is 5.72 Å². The van der Waals surface area contributed by atoms with Crippen LogP contribution in [0.4, 0.5) is 0 Å². The number of imidazole rings is 1. The molecule has 2 radical (unpaired) electrons. The van der Waals surface area contributed by atoms with Crippen molar-refractivity contribution in [2.24, 2.45) is 0 Å². The third kappa shape index (κ3) is 3.11. The molecule has 1 aromatic heterocycles. The van der Waals surface area contributed by atoms with Crippen LogP contribution in [0, 0.1) is 0 Å². The minimum absolute atomic E-state index is 0.103. The Kier molecular flexibility index (Phi) is 3.77. The second-order valence-corrected chi connectivity index (χ2v) is 3.82. The average molecular weight is 248 g/mol. The van der Waals surface area contributed by atoms with Gasteiger partial charge in [-0.1, -0.05) is 30.3 Å². The third-order valence-corrected chi connectivity index (χ3v) is 2.61. The summed E-state index contributed by atoms with van der Waals surface area (Å²) in [7, 11) is 5.69. The molecule has 0 aliphatic carbocycles. The van der Waals surface area contributed by atoms with Crippen LogP contribution in [0.15, 0.2) is 36.5 Å². The molecule has 2 rings (SSSR count). The molecular weight excluding hydrogens is 234 g/mol. The Balaban J connectivity index is 1.98. The predicted octanol–water partition coefficient (Wildman–Crippen LogP) is 1.59. The van der Waals surface area contributed by atoms with Gasteiger partial charge >= 0.3 is 0 Å². The van der Waals surface area contributed by atoms with Crippen molar-refractivity contribution >= 4 is 25.2 Å². The van der Waals surface area contributed by atoms with E-state index in [0.717, 1.165) is 5.56 Å². The average Bonchev–Trinajstić information content (AvgIpc) is 2.65. The van der Waals surface area contributed by atoms with Crippen molar-refractivity contribution in [2.45, 2.75) is 19.2 Å². The summed E-state index contributed by atoms with van der Waals surface area (Å²) in [5.74, 6) is 0.192. The highest BCUT2D eigenvalue weighted by atomic mass is 35.5. The maximum atomic E-state index is 7.58. The molecule has 17 heavy (non-hydrogen) atoms.